The normalized spacial score (nSPS) is 11.1. The van der Waals surface area contributed by atoms with Crippen LogP contribution in [0.5, 0.6) is 0 Å². The van der Waals surface area contributed by atoms with Crippen LogP contribution in [-0.2, 0) is 6.54 Å². The summed E-state index contributed by atoms with van der Waals surface area (Å²) in [6.45, 7) is 6.77. The van der Waals surface area contributed by atoms with Gasteiger partial charge in [-0.2, -0.15) is 14.4 Å². The summed E-state index contributed by atoms with van der Waals surface area (Å²) in [6.07, 6.45) is 1.19. The van der Waals surface area contributed by atoms with Crippen molar-refractivity contribution in [3.8, 4) is 0 Å². The van der Waals surface area contributed by atoms with Gasteiger partial charge in [0.15, 0.2) is 0 Å². The second-order valence-corrected chi connectivity index (χ2v) is 6.91. The Morgan fingerprint density at radius 2 is 1.67 bits per heavy atom. The largest absolute Gasteiger partial charge is 0.339 e. The molecule has 0 spiro atoms. The van der Waals surface area contributed by atoms with Gasteiger partial charge in [0.2, 0.25) is 0 Å². The van der Waals surface area contributed by atoms with E-state index < -0.39 is 6.08 Å². The lowest BCUT2D eigenvalue weighted by molar-refractivity contribution is 0.543. The molecule has 0 atom stereocenters. The summed E-state index contributed by atoms with van der Waals surface area (Å²) in [5.74, 6) is 0.486. The van der Waals surface area contributed by atoms with Gasteiger partial charge in [0.05, 0.1) is 5.39 Å². The summed E-state index contributed by atoms with van der Waals surface area (Å²) in [5, 5.41) is 4.12. The summed E-state index contributed by atoms with van der Waals surface area (Å²) < 4.78 is 16.1. The van der Waals surface area contributed by atoms with Crippen LogP contribution in [0.3, 0.4) is 0 Å². The molecule has 2 heterocycles. The summed E-state index contributed by atoms with van der Waals surface area (Å²) in [5.41, 5.74) is 6.07. The number of halogens is 1. The summed E-state index contributed by atoms with van der Waals surface area (Å²) in [4.78, 5) is 8.06. The van der Waals surface area contributed by atoms with Crippen LogP contribution in [0.2, 0.25) is 0 Å². The number of benzene rings is 2. The van der Waals surface area contributed by atoms with Crippen LogP contribution in [0.4, 0.5) is 15.9 Å². The Morgan fingerprint density at radius 1 is 0.963 bits per heavy atom. The van der Waals surface area contributed by atoms with E-state index >= 15 is 0 Å². The molecule has 0 unspecified atom stereocenters. The van der Waals surface area contributed by atoms with Crippen molar-refractivity contribution in [1.82, 2.24) is 14.5 Å². The summed E-state index contributed by atoms with van der Waals surface area (Å²) >= 11 is 0. The van der Waals surface area contributed by atoms with Crippen molar-refractivity contribution in [2.45, 2.75) is 27.3 Å². The fourth-order valence-electron chi connectivity index (χ4n) is 3.54. The molecule has 0 aliphatic carbocycles. The molecule has 0 aliphatic rings. The molecule has 0 saturated heterocycles. The topological polar surface area (TPSA) is 42.7 Å². The predicted molar refractivity (Wildman–Crippen MR) is 107 cm³/mol. The second kappa shape index (κ2) is 6.83. The fraction of sp³-hybridized carbons (Fsp3) is 0.182. The average Bonchev–Trinajstić information content (AvgIpc) is 3.01. The van der Waals surface area contributed by atoms with Crippen molar-refractivity contribution in [2.75, 3.05) is 5.32 Å². The van der Waals surface area contributed by atoms with Gasteiger partial charge in [-0.05, 0) is 43.5 Å². The highest BCUT2D eigenvalue weighted by Gasteiger charge is 2.14. The molecular formula is C22H21FN4. The fourth-order valence-corrected chi connectivity index (χ4v) is 3.54. The number of rotatable bonds is 4. The molecule has 4 aromatic rings. The molecule has 0 bridgehead atoms. The van der Waals surface area contributed by atoms with Crippen LogP contribution >= 0.6 is 0 Å². The van der Waals surface area contributed by atoms with E-state index in [0.29, 0.717) is 18.0 Å². The minimum Gasteiger partial charge on any atom is -0.339 e. The molecule has 27 heavy (non-hydrogen) atoms. The minimum absolute atomic E-state index is 0.486. The van der Waals surface area contributed by atoms with Crippen molar-refractivity contribution in [3.05, 3.63) is 83.1 Å². The number of anilines is 2. The van der Waals surface area contributed by atoms with Crippen LogP contribution in [0.25, 0.3) is 11.0 Å². The SMILES string of the molecule is Cc1cc(C)c(Nc2nc(F)nc3c2ccn3Cc2ccccc2)c(C)c1. The van der Waals surface area contributed by atoms with Gasteiger partial charge in [0.25, 0.3) is 0 Å². The van der Waals surface area contributed by atoms with E-state index in [0.717, 1.165) is 27.8 Å². The monoisotopic (exact) mass is 360 g/mol. The minimum atomic E-state index is -0.736. The number of fused-ring (bicyclic) bond motifs is 1. The molecule has 2 aromatic carbocycles. The van der Waals surface area contributed by atoms with Gasteiger partial charge in [-0.15, -0.1) is 0 Å². The molecule has 5 heteroatoms. The molecule has 4 rings (SSSR count). The zero-order chi connectivity index (χ0) is 19.0. The van der Waals surface area contributed by atoms with E-state index in [-0.39, 0.29) is 0 Å². The van der Waals surface area contributed by atoms with Gasteiger partial charge in [0, 0.05) is 18.4 Å². The Morgan fingerprint density at radius 3 is 2.37 bits per heavy atom. The maximum absolute atomic E-state index is 14.2. The van der Waals surface area contributed by atoms with E-state index in [4.69, 9.17) is 0 Å². The quantitative estimate of drug-likeness (QED) is 0.503. The second-order valence-electron chi connectivity index (χ2n) is 6.91. The standard InChI is InChI=1S/C22H21FN4/c1-14-11-15(2)19(16(3)12-14)24-20-18-9-10-27(21(18)26-22(23)25-20)13-17-7-5-4-6-8-17/h4-12H,13H2,1-3H3,(H,24,25,26). The van der Waals surface area contributed by atoms with Gasteiger partial charge >= 0.3 is 6.08 Å². The zero-order valence-corrected chi connectivity index (χ0v) is 15.6. The molecule has 0 aliphatic heterocycles. The lowest BCUT2D eigenvalue weighted by Crippen LogP contribution is -2.05. The molecule has 0 saturated carbocycles. The van der Waals surface area contributed by atoms with Crippen LogP contribution in [0.15, 0.2) is 54.7 Å². The Kier molecular flexibility index (Phi) is 4.36. The summed E-state index contributed by atoms with van der Waals surface area (Å²) in [7, 11) is 0. The number of aryl methyl sites for hydroxylation is 3. The molecule has 0 amide bonds. The number of aromatic nitrogens is 3. The maximum atomic E-state index is 14.2. The van der Waals surface area contributed by atoms with Crippen molar-refractivity contribution >= 4 is 22.5 Å². The maximum Gasteiger partial charge on any atom is 0.312 e. The van der Waals surface area contributed by atoms with E-state index in [1.165, 1.54) is 5.56 Å². The Labute approximate surface area is 157 Å². The number of nitrogens with one attached hydrogen (secondary N) is 1. The number of nitrogens with zero attached hydrogens (tertiary/aromatic N) is 3. The van der Waals surface area contributed by atoms with E-state index in [1.54, 1.807) is 0 Å². The first-order valence-electron chi connectivity index (χ1n) is 8.92. The average molecular weight is 360 g/mol. The predicted octanol–water partition coefficient (Wildman–Crippen LogP) is 5.29. The van der Waals surface area contributed by atoms with Crippen molar-refractivity contribution in [1.29, 1.82) is 0 Å². The van der Waals surface area contributed by atoms with Gasteiger partial charge in [0.1, 0.15) is 11.5 Å². The third-order valence-electron chi connectivity index (χ3n) is 4.71. The van der Waals surface area contributed by atoms with Crippen LogP contribution in [0.1, 0.15) is 22.3 Å². The highest BCUT2D eigenvalue weighted by atomic mass is 19.1. The molecule has 4 nitrogen and oxygen atoms in total. The lowest BCUT2D eigenvalue weighted by Gasteiger charge is -2.14. The highest BCUT2D eigenvalue weighted by molar-refractivity contribution is 5.90. The molecular weight excluding hydrogens is 339 g/mol. The molecule has 1 N–H and O–H groups in total. The first kappa shape index (κ1) is 17.2. The Bertz CT molecular complexity index is 1090. The van der Waals surface area contributed by atoms with Gasteiger partial charge in [-0.25, -0.2) is 0 Å². The van der Waals surface area contributed by atoms with Crippen LogP contribution in [0, 0.1) is 26.8 Å². The van der Waals surface area contributed by atoms with E-state index in [1.807, 2.05) is 61.0 Å². The van der Waals surface area contributed by atoms with E-state index in [2.05, 4.69) is 34.3 Å². The molecule has 0 fully saturated rings. The highest BCUT2D eigenvalue weighted by Crippen LogP contribution is 2.29. The van der Waals surface area contributed by atoms with Gasteiger partial charge in [-0.3, -0.25) is 0 Å². The first-order valence-corrected chi connectivity index (χ1v) is 8.92. The third kappa shape index (κ3) is 3.40. The van der Waals surface area contributed by atoms with Crippen molar-refractivity contribution in [2.24, 2.45) is 0 Å². The number of hydrogen-bond acceptors (Lipinski definition) is 3. The Balaban J connectivity index is 1.76. The molecule has 2 aromatic heterocycles. The van der Waals surface area contributed by atoms with Gasteiger partial charge in [-0.1, -0.05) is 48.0 Å². The van der Waals surface area contributed by atoms with Crippen molar-refractivity contribution in [3.63, 3.8) is 0 Å². The smallest absolute Gasteiger partial charge is 0.312 e. The lowest BCUT2D eigenvalue weighted by atomic mass is 10.1. The zero-order valence-electron chi connectivity index (χ0n) is 15.6. The third-order valence-corrected chi connectivity index (χ3v) is 4.71. The van der Waals surface area contributed by atoms with Crippen LogP contribution < -0.4 is 5.32 Å². The molecule has 0 radical (unpaired) electrons. The number of hydrogen-bond donors (Lipinski definition) is 1. The van der Waals surface area contributed by atoms with E-state index in [9.17, 15) is 4.39 Å². The van der Waals surface area contributed by atoms with Gasteiger partial charge < -0.3 is 9.88 Å². The van der Waals surface area contributed by atoms with Crippen molar-refractivity contribution < 1.29 is 4.39 Å². The first-order chi connectivity index (χ1) is 13.0. The van der Waals surface area contributed by atoms with Crippen LogP contribution in [-0.4, -0.2) is 14.5 Å². The molecule has 136 valence electrons. The Hall–Kier alpha value is -3.21. The summed E-state index contributed by atoms with van der Waals surface area (Å²) in [6, 6.07) is 16.2.